The maximum absolute atomic E-state index is 6.11. The summed E-state index contributed by atoms with van der Waals surface area (Å²) >= 11 is 0. The highest BCUT2D eigenvalue weighted by Gasteiger charge is 2.17. The molecule has 0 aliphatic carbocycles. The highest BCUT2D eigenvalue weighted by molar-refractivity contribution is 5.91. The maximum atomic E-state index is 6.11. The van der Waals surface area contributed by atoms with E-state index in [4.69, 9.17) is 14.2 Å². The molecule has 1 aliphatic heterocycles. The number of hydrogen-bond acceptors (Lipinski definition) is 7. The van der Waals surface area contributed by atoms with E-state index in [9.17, 15) is 0 Å². The first-order chi connectivity index (χ1) is 16.7. The van der Waals surface area contributed by atoms with Gasteiger partial charge in [-0.05, 0) is 55.0 Å². The lowest BCUT2D eigenvalue weighted by atomic mass is 10.2. The number of nitrogens with zero attached hydrogens (tertiary/aromatic N) is 4. The Hall–Kier alpha value is -4.17. The van der Waals surface area contributed by atoms with Gasteiger partial charge in [0.2, 0.25) is 0 Å². The van der Waals surface area contributed by atoms with E-state index in [2.05, 4.69) is 20.3 Å². The normalized spacial score (nSPS) is 15.6. The van der Waals surface area contributed by atoms with Crippen LogP contribution in [0.25, 0.3) is 16.6 Å². The van der Waals surface area contributed by atoms with Crippen molar-refractivity contribution in [3.05, 3.63) is 79.0 Å². The number of nitrogens with one attached hydrogen (secondary N) is 1. The standard InChI is InChI=1S/C26H23N5O3/c1-17-12-18(2-5-24(17)34-20-6-9-31-10-8-27-25(31)14-20)30-26-22-13-19(33-21-7-11-32-15-21)3-4-23(22)28-16-29-26/h2-6,8-10,12-14,16,21H,7,11,15H2,1H3,(H,28,29,30)/t21-/m0/s1. The first kappa shape index (κ1) is 20.4. The van der Waals surface area contributed by atoms with E-state index < -0.39 is 0 Å². The van der Waals surface area contributed by atoms with Crippen molar-refractivity contribution in [3.8, 4) is 17.2 Å². The van der Waals surface area contributed by atoms with Crippen molar-refractivity contribution in [2.45, 2.75) is 19.4 Å². The van der Waals surface area contributed by atoms with Crippen molar-refractivity contribution >= 4 is 28.1 Å². The van der Waals surface area contributed by atoms with Crippen molar-refractivity contribution < 1.29 is 14.2 Å². The van der Waals surface area contributed by atoms with Gasteiger partial charge in [-0.3, -0.25) is 0 Å². The Balaban J connectivity index is 1.23. The Morgan fingerprint density at radius 2 is 1.97 bits per heavy atom. The molecule has 3 aromatic heterocycles. The summed E-state index contributed by atoms with van der Waals surface area (Å²) in [7, 11) is 0. The molecule has 8 nitrogen and oxygen atoms in total. The second-order valence-electron chi connectivity index (χ2n) is 8.27. The quantitative estimate of drug-likeness (QED) is 0.374. The Morgan fingerprint density at radius 1 is 1.00 bits per heavy atom. The summed E-state index contributed by atoms with van der Waals surface area (Å²) < 4.78 is 19.5. The van der Waals surface area contributed by atoms with E-state index in [1.54, 1.807) is 12.5 Å². The lowest BCUT2D eigenvalue weighted by Crippen LogP contribution is -2.15. The molecule has 5 aromatic rings. The van der Waals surface area contributed by atoms with Gasteiger partial charge in [-0.15, -0.1) is 0 Å². The number of aromatic nitrogens is 4. The van der Waals surface area contributed by atoms with Gasteiger partial charge in [-0.25, -0.2) is 15.0 Å². The van der Waals surface area contributed by atoms with Crippen molar-refractivity contribution in [3.63, 3.8) is 0 Å². The minimum atomic E-state index is 0.0860. The van der Waals surface area contributed by atoms with Crippen LogP contribution in [0.5, 0.6) is 17.2 Å². The van der Waals surface area contributed by atoms with Crippen LogP contribution in [-0.2, 0) is 4.74 Å². The van der Waals surface area contributed by atoms with E-state index in [0.717, 1.165) is 63.9 Å². The number of ether oxygens (including phenoxy) is 3. The topological polar surface area (TPSA) is 82.8 Å². The number of pyridine rings is 1. The molecular weight excluding hydrogens is 430 g/mol. The van der Waals surface area contributed by atoms with Crippen LogP contribution in [-0.4, -0.2) is 38.7 Å². The van der Waals surface area contributed by atoms with E-state index in [-0.39, 0.29) is 6.10 Å². The maximum Gasteiger partial charge on any atom is 0.141 e. The summed E-state index contributed by atoms with van der Waals surface area (Å²) in [4.78, 5) is 13.2. The molecule has 0 saturated carbocycles. The van der Waals surface area contributed by atoms with Crippen molar-refractivity contribution in [1.29, 1.82) is 0 Å². The predicted molar refractivity (Wildman–Crippen MR) is 129 cm³/mol. The smallest absolute Gasteiger partial charge is 0.141 e. The second-order valence-corrected chi connectivity index (χ2v) is 8.27. The van der Waals surface area contributed by atoms with Crippen LogP contribution in [0.2, 0.25) is 0 Å². The lowest BCUT2D eigenvalue weighted by molar-refractivity contribution is 0.141. The Kier molecular flexibility index (Phi) is 5.20. The Labute approximate surface area is 196 Å². The highest BCUT2D eigenvalue weighted by atomic mass is 16.5. The molecule has 1 saturated heterocycles. The van der Waals surface area contributed by atoms with Crippen LogP contribution < -0.4 is 14.8 Å². The minimum Gasteiger partial charge on any atom is -0.488 e. The van der Waals surface area contributed by atoms with Crippen LogP contribution in [0.15, 0.2) is 73.4 Å². The first-order valence-electron chi connectivity index (χ1n) is 11.2. The van der Waals surface area contributed by atoms with Gasteiger partial charge in [-0.1, -0.05) is 0 Å². The molecule has 0 amide bonds. The van der Waals surface area contributed by atoms with Gasteiger partial charge in [-0.2, -0.15) is 0 Å². The average Bonchev–Trinajstić information content (AvgIpc) is 3.53. The minimum absolute atomic E-state index is 0.0860. The molecule has 170 valence electrons. The third-order valence-corrected chi connectivity index (χ3v) is 5.83. The number of aryl methyl sites for hydroxylation is 1. The molecule has 4 heterocycles. The third-order valence-electron chi connectivity index (χ3n) is 5.83. The molecule has 34 heavy (non-hydrogen) atoms. The van der Waals surface area contributed by atoms with Crippen LogP contribution in [0.4, 0.5) is 11.5 Å². The van der Waals surface area contributed by atoms with Crippen molar-refractivity contribution in [2.75, 3.05) is 18.5 Å². The van der Waals surface area contributed by atoms with Gasteiger partial charge in [0, 0.05) is 42.2 Å². The van der Waals surface area contributed by atoms with E-state index >= 15 is 0 Å². The number of imidazole rings is 1. The predicted octanol–water partition coefficient (Wildman–Crippen LogP) is 5.29. The summed E-state index contributed by atoms with van der Waals surface area (Å²) in [5, 5.41) is 4.31. The largest absolute Gasteiger partial charge is 0.488 e. The van der Waals surface area contributed by atoms with Gasteiger partial charge in [0.1, 0.15) is 41.1 Å². The fraction of sp³-hybridized carbons (Fsp3) is 0.192. The molecule has 0 bridgehead atoms. The van der Waals surface area contributed by atoms with E-state index in [1.165, 1.54) is 0 Å². The lowest BCUT2D eigenvalue weighted by Gasteiger charge is -2.14. The summed E-state index contributed by atoms with van der Waals surface area (Å²) in [6, 6.07) is 15.7. The van der Waals surface area contributed by atoms with Crippen LogP contribution in [0, 0.1) is 6.92 Å². The summed E-state index contributed by atoms with van der Waals surface area (Å²) in [5.74, 6) is 3.03. The van der Waals surface area contributed by atoms with Gasteiger partial charge in [0.05, 0.1) is 18.7 Å². The van der Waals surface area contributed by atoms with Crippen molar-refractivity contribution in [2.24, 2.45) is 0 Å². The molecule has 1 fully saturated rings. The van der Waals surface area contributed by atoms with Crippen molar-refractivity contribution in [1.82, 2.24) is 19.4 Å². The number of anilines is 2. The monoisotopic (exact) mass is 453 g/mol. The zero-order chi connectivity index (χ0) is 22.9. The average molecular weight is 454 g/mol. The van der Waals surface area contributed by atoms with Gasteiger partial charge >= 0.3 is 0 Å². The molecule has 0 unspecified atom stereocenters. The molecular formula is C26H23N5O3. The third kappa shape index (κ3) is 4.11. The molecule has 1 N–H and O–H groups in total. The summed E-state index contributed by atoms with van der Waals surface area (Å²) in [6.07, 6.45) is 8.15. The molecule has 0 spiro atoms. The summed E-state index contributed by atoms with van der Waals surface area (Å²) in [6.45, 7) is 3.38. The SMILES string of the molecule is Cc1cc(Nc2ncnc3ccc(O[C@H]4CCOC4)cc23)ccc1Oc1ccn2ccnc2c1. The highest BCUT2D eigenvalue weighted by Crippen LogP contribution is 2.31. The number of benzene rings is 2. The number of hydrogen-bond donors (Lipinski definition) is 1. The van der Waals surface area contributed by atoms with Gasteiger partial charge < -0.3 is 23.9 Å². The first-order valence-corrected chi connectivity index (χ1v) is 11.2. The zero-order valence-corrected chi connectivity index (χ0v) is 18.6. The molecule has 1 aliphatic rings. The van der Waals surface area contributed by atoms with Gasteiger partial charge in [0.25, 0.3) is 0 Å². The fourth-order valence-electron chi connectivity index (χ4n) is 4.07. The molecule has 6 rings (SSSR count). The van der Waals surface area contributed by atoms with E-state index in [0.29, 0.717) is 6.61 Å². The number of fused-ring (bicyclic) bond motifs is 2. The van der Waals surface area contributed by atoms with Gasteiger partial charge in [0.15, 0.2) is 0 Å². The fourth-order valence-corrected chi connectivity index (χ4v) is 4.07. The summed E-state index contributed by atoms with van der Waals surface area (Å²) in [5.41, 5.74) is 3.59. The number of rotatable bonds is 6. The Bertz CT molecular complexity index is 1480. The van der Waals surface area contributed by atoms with E-state index in [1.807, 2.05) is 72.2 Å². The van der Waals surface area contributed by atoms with Crippen LogP contribution in [0.1, 0.15) is 12.0 Å². The molecule has 1 atom stereocenters. The van der Waals surface area contributed by atoms with Crippen LogP contribution >= 0.6 is 0 Å². The molecule has 8 heteroatoms. The Morgan fingerprint density at radius 3 is 2.85 bits per heavy atom. The van der Waals surface area contributed by atoms with Crippen LogP contribution in [0.3, 0.4) is 0 Å². The zero-order valence-electron chi connectivity index (χ0n) is 18.6. The molecule has 2 aromatic carbocycles. The second kappa shape index (κ2) is 8.64. The molecule has 0 radical (unpaired) electrons.